The Hall–Kier alpha value is 0.764. The normalized spacial score (nSPS) is 3.12. The number of rotatable bonds is 0. The molecule has 0 saturated heterocycles. The average Bonchev–Trinajstić information content (AvgIpc) is 0.811. The molecule has 0 spiro atoms. The molecule has 0 aromatic carbocycles. The minimum Gasteiger partial charge on any atom is -1.00 e. The van der Waals surface area contributed by atoms with Crippen LogP contribution in [0.1, 0.15) is 6.92 Å². The number of carboxylic acid groups (broad SMARTS) is 1. The van der Waals surface area contributed by atoms with Gasteiger partial charge in [-0.15, -0.1) is 0 Å². The minimum atomic E-state index is -0.833. The van der Waals surface area contributed by atoms with Gasteiger partial charge in [-0.05, 0) is 0 Å². The summed E-state index contributed by atoms with van der Waals surface area (Å²) in [5.74, 6) is -0.833. The van der Waals surface area contributed by atoms with Gasteiger partial charge in [0.15, 0.2) is 0 Å². The first-order valence-electron chi connectivity index (χ1n) is 0.928. The Kier molecular flexibility index (Phi) is 117. The van der Waals surface area contributed by atoms with Gasteiger partial charge in [-0.2, -0.15) is 0 Å². The largest absolute Gasteiger partial charge is 3.00 e. The van der Waals surface area contributed by atoms with Crippen molar-refractivity contribution in [2.24, 2.45) is 0 Å². The molecule has 0 heterocycles. The second-order valence-corrected chi connectivity index (χ2v) is 0.519. The first kappa shape index (κ1) is 37.3. The van der Waals surface area contributed by atoms with E-state index >= 15 is 0 Å². The van der Waals surface area contributed by atoms with Gasteiger partial charge in [0, 0.05) is 6.92 Å². The van der Waals surface area contributed by atoms with E-state index in [1.54, 1.807) is 0 Å². The van der Waals surface area contributed by atoms with Crippen molar-refractivity contribution in [3.8, 4) is 0 Å². The van der Waals surface area contributed by atoms with Crippen molar-refractivity contribution in [1.82, 2.24) is 0 Å². The van der Waals surface area contributed by atoms with Crippen LogP contribution in [0.4, 0.5) is 0 Å². The number of halogens is 2. The maximum absolute atomic E-state index is 9.00. The van der Waals surface area contributed by atoms with Crippen molar-refractivity contribution in [3.05, 3.63) is 7.43 Å². The van der Waals surface area contributed by atoms with Crippen molar-refractivity contribution >= 4 is 5.97 Å². The summed E-state index contributed by atoms with van der Waals surface area (Å²) in [6, 6.07) is 0. The van der Waals surface area contributed by atoms with Gasteiger partial charge in [0.1, 0.15) is 0 Å². The van der Waals surface area contributed by atoms with Gasteiger partial charge < -0.3 is 37.3 Å². The van der Waals surface area contributed by atoms with Crippen LogP contribution < -0.4 is 24.8 Å². The molecule has 0 amide bonds. The Morgan fingerprint density at radius 1 is 1.38 bits per heavy atom. The number of hydrogen-bond donors (Lipinski definition) is 1. The quantitative estimate of drug-likeness (QED) is 0.308. The fraction of sp³-hybridized carbons (Fsp3) is 0.333. The number of aliphatic carboxylic acids is 1. The molecule has 0 fully saturated rings. The molecular formula is C3H7Cl2O2Ti. The zero-order chi connectivity index (χ0) is 3.58. The fourth-order valence-corrected chi connectivity index (χ4v) is 0. The van der Waals surface area contributed by atoms with Gasteiger partial charge in [-0.3, -0.25) is 4.79 Å². The Morgan fingerprint density at radius 2 is 1.38 bits per heavy atom. The third-order valence-corrected chi connectivity index (χ3v) is 0. The van der Waals surface area contributed by atoms with Gasteiger partial charge in [-0.1, -0.05) is 0 Å². The van der Waals surface area contributed by atoms with Crippen LogP contribution in [0, 0.1) is 7.43 Å². The summed E-state index contributed by atoms with van der Waals surface area (Å²) in [5.41, 5.74) is 0. The van der Waals surface area contributed by atoms with Crippen molar-refractivity contribution in [3.63, 3.8) is 0 Å². The van der Waals surface area contributed by atoms with E-state index in [-0.39, 0.29) is 54.0 Å². The molecule has 1 N–H and O–H groups in total. The smallest absolute Gasteiger partial charge is 1.00 e. The molecule has 0 aliphatic rings. The second kappa shape index (κ2) is 25.1. The van der Waals surface area contributed by atoms with Crippen molar-refractivity contribution in [1.29, 1.82) is 0 Å². The molecule has 2 nitrogen and oxygen atoms in total. The topological polar surface area (TPSA) is 37.3 Å². The van der Waals surface area contributed by atoms with Crippen LogP contribution in [0.25, 0.3) is 0 Å². The molecule has 5 heteroatoms. The zero-order valence-electron chi connectivity index (χ0n) is 4.61. The SMILES string of the molecule is CC(=O)O.[CH3-].[Cl-].[Cl-].[Ti+3]. The summed E-state index contributed by atoms with van der Waals surface area (Å²) in [5, 5.41) is 7.42. The summed E-state index contributed by atoms with van der Waals surface area (Å²) in [4.78, 5) is 9.00. The molecule has 8 heavy (non-hydrogen) atoms. The van der Waals surface area contributed by atoms with E-state index in [4.69, 9.17) is 9.90 Å². The number of hydrogen-bond acceptors (Lipinski definition) is 1. The van der Waals surface area contributed by atoms with Gasteiger partial charge in [-0.25, -0.2) is 0 Å². The summed E-state index contributed by atoms with van der Waals surface area (Å²) < 4.78 is 0. The molecule has 0 unspecified atom stereocenters. The molecular weight excluding hydrogens is 187 g/mol. The van der Waals surface area contributed by atoms with Crippen molar-refractivity contribution in [2.75, 3.05) is 0 Å². The van der Waals surface area contributed by atoms with E-state index in [1.807, 2.05) is 0 Å². The standard InChI is InChI=1S/C2H4O2.CH3.2ClH.Ti/c1-2(3)4;;;;/h1H3,(H,3,4);1H3;2*1H;/q;-1;;;+3/p-2. The Balaban J connectivity index is -0.00000000750. The second-order valence-electron chi connectivity index (χ2n) is 0.519. The molecule has 49 valence electrons. The third-order valence-electron chi connectivity index (χ3n) is 0. The molecule has 0 saturated carbocycles. The Bertz CT molecular complexity index is 38.3. The Morgan fingerprint density at radius 3 is 1.38 bits per heavy atom. The van der Waals surface area contributed by atoms with Crippen LogP contribution in [-0.2, 0) is 26.5 Å². The van der Waals surface area contributed by atoms with Gasteiger partial charge >= 0.3 is 21.7 Å². The van der Waals surface area contributed by atoms with Gasteiger partial charge in [0.2, 0.25) is 0 Å². The van der Waals surface area contributed by atoms with E-state index in [2.05, 4.69) is 0 Å². The molecule has 0 atom stereocenters. The number of carbonyl (C=O) groups is 1. The van der Waals surface area contributed by atoms with Crippen LogP contribution in [-0.4, -0.2) is 11.1 Å². The van der Waals surface area contributed by atoms with Crippen LogP contribution in [0.15, 0.2) is 0 Å². The van der Waals surface area contributed by atoms with Crippen molar-refractivity contribution < 1.29 is 56.4 Å². The monoisotopic (exact) mass is 193 g/mol. The predicted octanol–water partition coefficient (Wildman–Crippen LogP) is -5.45. The molecule has 0 aliphatic carbocycles. The summed E-state index contributed by atoms with van der Waals surface area (Å²) in [6.45, 7) is 1.08. The zero-order valence-corrected chi connectivity index (χ0v) is 7.68. The molecule has 0 bridgehead atoms. The summed E-state index contributed by atoms with van der Waals surface area (Å²) in [7, 11) is 0. The summed E-state index contributed by atoms with van der Waals surface area (Å²) >= 11 is 0. The van der Waals surface area contributed by atoms with Gasteiger partial charge in [0.25, 0.3) is 5.97 Å². The maximum Gasteiger partial charge on any atom is 3.00 e. The Labute approximate surface area is 76.7 Å². The molecule has 1 radical (unpaired) electrons. The van der Waals surface area contributed by atoms with Gasteiger partial charge in [0.05, 0.1) is 0 Å². The van der Waals surface area contributed by atoms with Crippen LogP contribution >= 0.6 is 0 Å². The van der Waals surface area contributed by atoms with E-state index in [1.165, 1.54) is 0 Å². The van der Waals surface area contributed by atoms with Crippen LogP contribution in [0.5, 0.6) is 0 Å². The molecule has 0 aliphatic heterocycles. The first-order chi connectivity index (χ1) is 1.73. The maximum atomic E-state index is 9.00. The molecule has 0 aromatic heterocycles. The van der Waals surface area contributed by atoms with E-state index in [9.17, 15) is 0 Å². The average molecular weight is 194 g/mol. The fourth-order valence-electron chi connectivity index (χ4n) is 0. The number of carboxylic acids is 1. The predicted molar refractivity (Wildman–Crippen MR) is 19.7 cm³/mol. The van der Waals surface area contributed by atoms with E-state index in [0.717, 1.165) is 6.92 Å². The third kappa shape index (κ3) is 385. The van der Waals surface area contributed by atoms with E-state index in [0.29, 0.717) is 0 Å². The van der Waals surface area contributed by atoms with Crippen LogP contribution in [0.2, 0.25) is 0 Å². The molecule has 0 aromatic rings. The summed E-state index contributed by atoms with van der Waals surface area (Å²) in [6.07, 6.45) is 0. The minimum absolute atomic E-state index is 0. The van der Waals surface area contributed by atoms with Crippen LogP contribution in [0.3, 0.4) is 0 Å². The van der Waals surface area contributed by atoms with E-state index < -0.39 is 5.97 Å². The first-order valence-corrected chi connectivity index (χ1v) is 0.928. The van der Waals surface area contributed by atoms with Crippen molar-refractivity contribution in [2.45, 2.75) is 6.92 Å². The molecule has 0 rings (SSSR count).